The van der Waals surface area contributed by atoms with Crippen LogP contribution in [0.4, 0.5) is 10.5 Å². The fourth-order valence-electron chi connectivity index (χ4n) is 2.73. The van der Waals surface area contributed by atoms with Crippen LogP contribution in [-0.2, 0) is 0 Å². The Morgan fingerprint density at radius 1 is 1.20 bits per heavy atom. The quantitative estimate of drug-likeness (QED) is 0.824. The number of amides is 2. The Labute approximate surface area is 122 Å². The third-order valence-corrected chi connectivity index (χ3v) is 4.29. The zero-order valence-electron chi connectivity index (χ0n) is 12.6. The predicted octanol–water partition coefficient (Wildman–Crippen LogP) is 4.65. The second-order valence-electron chi connectivity index (χ2n) is 5.86. The molecular weight excluding hydrogens is 248 g/mol. The fraction of sp³-hybridized carbons (Fsp3) is 0.588. The highest BCUT2D eigenvalue weighted by molar-refractivity contribution is 5.89. The van der Waals surface area contributed by atoms with Crippen LogP contribution in [0.2, 0.25) is 0 Å². The third kappa shape index (κ3) is 4.26. The van der Waals surface area contributed by atoms with E-state index in [1.165, 1.54) is 24.8 Å². The summed E-state index contributed by atoms with van der Waals surface area (Å²) in [7, 11) is 0. The van der Waals surface area contributed by atoms with Gasteiger partial charge in [0.2, 0.25) is 0 Å². The first-order valence-corrected chi connectivity index (χ1v) is 7.86. The Bertz CT molecular complexity index is 421. The molecular formula is C17H26N2O. The van der Waals surface area contributed by atoms with E-state index in [0.29, 0.717) is 12.0 Å². The average molecular weight is 274 g/mol. The molecule has 110 valence electrons. The summed E-state index contributed by atoms with van der Waals surface area (Å²) in [6.45, 7) is 4.41. The molecule has 1 atom stereocenters. The zero-order valence-corrected chi connectivity index (χ0v) is 12.6. The first-order valence-electron chi connectivity index (χ1n) is 7.86. The van der Waals surface area contributed by atoms with E-state index in [1.807, 2.05) is 12.1 Å². The van der Waals surface area contributed by atoms with Crippen LogP contribution < -0.4 is 10.6 Å². The molecule has 0 spiro atoms. The van der Waals surface area contributed by atoms with E-state index in [0.717, 1.165) is 24.9 Å². The van der Waals surface area contributed by atoms with Gasteiger partial charge < -0.3 is 10.6 Å². The molecule has 20 heavy (non-hydrogen) atoms. The molecule has 3 heteroatoms. The molecule has 1 aromatic rings. The van der Waals surface area contributed by atoms with Crippen molar-refractivity contribution in [3.63, 3.8) is 0 Å². The lowest BCUT2D eigenvalue weighted by Crippen LogP contribution is -2.38. The van der Waals surface area contributed by atoms with Gasteiger partial charge in [-0.05, 0) is 42.9 Å². The summed E-state index contributed by atoms with van der Waals surface area (Å²) >= 11 is 0. The summed E-state index contributed by atoms with van der Waals surface area (Å²) in [6, 6.07) is 8.45. The molecule has 1 aliphatic carbocycles. The number of nitrogens with one attached hydrogen (secondary N) is 2. The van der Waals surface area contributed by atoms with Gasteiger partial charge in [-0.25, -0.2) is 4.79 Å². The number of benzene rings is 1. The van der Waals surface area contributed by atoms with Gasteiger partial charge in [0, 0.05) is 11.7 Å². The van der Waals surface area contributed by atoms with Gasteiger partial charge in [-0.1, -0.05) is 45.2 Å². The van der Waals surface area contributed by atoms with E-state index in [4.69, 9.17) is 0 Å². The highest BCUT2D eigenvalue weighted by Crippen LogP contribution is 2.21. The van der Waals surface area contributed by atoms with Crippen LogP contribution in [-0.4, -0.2) is 12.1 Å². The van der Waals surface area contributed by atoms with Crippen molar-refractivity contribution in [2.24, 2.45) is 0 Å². The highest BCUT2D eigenvalue weighted by Gasteiger charge is 2.15. The third-order valence-electron chi connectivity index (χ3n) is 4.29. The van der Waals surface area contributed by atoms with E-state index in [2.05, 4.69) is 36.6 Å². The maximum atomic E-state index is 11.9. The van der Waals surface area contributed by atoms with Crippen LogP contribution in [0.15, 0.2) is 24.3 Å². The van der Waals surface area contributed by atoms with Gasteiger partial charge in [-0.15, -0.1) is 0 Å². The monoisotopic (exact) mass is 274 g/mol. The standard InChI is InChI=1S/C17H26N2O/c1-3-13(2)14-9-11-16(12-10-14)19-17(20)18-15-7-5-4-6-8-15/h9-13,15H,3-8H2,1-2H3,(H2,18,19,20). The summed E-state index contributed by atoms with van der Waals surface area (Å²) in [5, 5.41) is 5.99. The Hall–Kier alpha value is -1.51. The maximum Gasteiger partial charge on any atom is 0.319 e. The molecule has 1 aliphatic rings. The van der Waals surface area contributed by atoms with E-state index in [-0.39, 0.29) is 6.03 Å². The molecule has 2 rings (SSSR count). The second-order valence-corrected chi connectivity index (χ2v) is 5.86. The van der Waals surface area contributed by atoms with Gasteiger partial charge in [-0.3, -0.25) is 0 Å². The summed E-state index contributed by atoms with van der Waals surface area (Å²) in [5.41, 5.74) is 2.19. The van der Waals surface area contributed by atoms with E-state index < -0.39 is 0 Å². The van der Waals surface area contributed by atoms with Crippen LogP contribution in [0.1, 0.15) is 63.9 Å². The van der Waals surface area contributed by atoms with Crippen LogP contribution in [0.3, 0.4) is 0 Å². The van der Waals surface area contributed by atoms with Gasteiger partial charge >= 0.3 is 6.03 Å². The molecule has 0 bridgehead atoms. The maximum absolute atomic E-state index is 11.9. The summed E-state index contributed by atoms with van der Waals surface area (Å²) in [4.78, 5) is 11.9. The number of anilines is 1. The Morgan fingerprint density at radius 3 is 2.45 bits per heavy atom. The van der Waals surface area contributed by atoms with E-state index in [9.17, 15) is 4.79 Å². The minimum absolute atomic E-state index is 0.0758. The second kappa shape index (κ2) is 7.32. The molecule has 0 aliphatic heterocycles. The molecule has 2 amide bonds. The number of urea groups is 1. The van der Waals surface area contributed by atoms with Crippen molar-refractivity contribution in [1.29, 1.82) is 0 Å². The number of rotatable bonds is 4. The normalized spacial score (nSPS) is 17.5. The SMILES string of the molecule is CCC(C)c1ccc(NC(=O)NC2CCCCC2)cc1. The van der Waals surface area contributed by atoms with Crippen molar-refractivity contribution in [2.45, 2.75) is 64.3 Å². The molecule has 1 saturated carbocycles. The molecule has 1 unspecified atom stereocenters. The first-order chi connectivity index (χ1) is 9.69. The lowest BCUT2D eigenvalue weighted by atomic mass is 9.96. The summed E-state index contributed by atoms with van der Waals surface area (Å²) < 4.78 is 0. The molecule has 0 saturated heterocycles. The Morgan fingerprint density at radius 2 is 1.85 bits per heavy atom. The predicted molar refractivity (Wildman–Crippen MR) is 84.2 cm³/mol. The molecule has 1 aromatic carbocycles. The van der Waals surface area contributed by atoms with Crippen molar-refractivity contribution in [2.75, 3.05) is 5.32 Å². The molecule has 0 radical (unpaired) electrons. The first kappa shape index (κ1) is 14.9. The lowest BCUT2D eigenvalue weighted by Gasteiger charge is -2.22. The summed E-state index contributed by atoms with van der Waals surface area (Å²) in [5.74, 6) is 0.570. The van der Waals surface area contributed by atoms with Crippen LogP contribution >= 0.6 is 0 Å². The van der Waals surface area contributed by atoms with Crippen molar-refractivity contribution in [3.8, 4) is 0 Å². The van der Waals surface area contributed by atoms with Gasteiger partial charge in [0.05, 0.1) is 0 Å². The minimum Gasteiger partial charge on any atom is -0.335 e. The Balaban J connectivity index is 1.84. The van der Waals surface area contributed by atoms with Crippen molar-refractivity contribution < 1.29 is 4.79 Å². The topological polar surface area (TPSA) is 41.1 Å². The molecule has 2 N–H and O–H groups in total. The van der Waals surface area contributed by atoms with Crippen molar-refractivity contribution in [1.82, 2.24) is 5.32 Å². The fourth-order valence-corrected chi connectivity index (χ4v) is 2.73. The summed E-state index contributed by atoms with van der Waals surface area (Å²) in [6.07, 6.45) is 7.12. The molecule has 0 heterocycles. The van der Waals surface area contributed by atoms with Crippen LogP contribution in [0.5, 0.6) is 0 Å². The number of carbonyl (C=O) groups excluding carboxylic acids is 1. The van der Waals surface area contributed by atoms with Crippen molar-refractivity contribution in [3.05, 3.63) is 29.8 Å². The van der Waals surface area contributed by atoms with Gasteiger partial charge in [-0.2, -0.15) is 0 Å². The number of hydrogen-bond acceptors (Lipinski definition) is 1. The Kier molecular flexibility index (Phi) is 5.45. The van der Waals surface area contributed by atoms with Crippen LogP contribution in [0.25, 0.3) is 0 Å². The molecule has 0 aromatic heterocycles. The van der Waals surface area contributed by atoms with Gasteiger partial charge in [0.25, 0.3) is 0 Å². The van der Waals surface area contributed by atoms with Gasteiger partial charge in [0.15, 0.2) is 0 Å². The van der Waals surface area contributed by atoms with Crippen molar-refractivity contribution >= 4 is 11.7 Å². The number of hydrogen-bond donors (Lipinski definition) is 2. The number of carbonyl (C=O) groups is 1. The largest absolute Gasteiger partial charge is 0.335 e. The minimum atomic E-state index is -0.0758. The zero-order chi connectivity index (χ0) is 14.4. The highest BCUT2D eigenvalue weighted by atomic mass is 16.2. The lowest BCUT2D eigenvalue weighted by molar-refractivity contribution is 0.244. The van der Waals surface area contributed by atoms with Gasteiger partial charge in [0.1, 0.15) is 0 Å². The van der Waals surface area contributed by atoms with E-state index in [1.54, 1.807) is 0 Å². The van der Waals surface area contributed by atoms with Crippen LogP contribution in [0, 0.1) is 0 Å². The molecule has 3 nitrogen and oxygen atoms in total. The smallest absolute Gasteiger partial charge is 0.319 e. The average Bonchev–Trinajstić information content (AvgIpc) is 2.48. The molecule has 1 fully saturated rings. The van der Waals surface area contributed by atoms with E-state index >= 15 is 0 Å².